The van der Waals surface area contributed by atoms with E-state index in [1.807, 2.05) is 72.8 Å². The maximum absolute atomic E-state index is 9.62. The summed E-state index contributed by atoms with van der Waals surface area (Å²) < 4.78 is 12.8. The Balaban J connectivity index is 1.03. The lowest BCUT2D eigenvalue weighted by atomic mass is 10.0. The first kappa shape index (κ1) is 31.2. The molecular formula is C49H31N3O2. The van der Waals surface area contributed by atoms with Gasteiger partial charge in [-0.25, -0.2) is 0 Å². The van der Waals surface area contributed by atoms with Crippen LogP contribution in [0.2, 0.25) is 0 Å². The molecule has 0 saturated heterocycles. The summed E-state index contributed by atoms with van der Waals surface area (Å²) in [4.78, 5) is 4.42. The Kier molecular flexibility index (Phi) is 7.45. The first-order chi connectivity index (χ1) is 26.7. The number of hydrogen-bond acceptors (Lipinski definition) is 5. The molecule has 0 aliphatic carbocycles. The molecule has 54 heavy (non-hydrogen) atoms. The molecule has 10 rings (SSSR count). The first-order valence-corrected chi connectivity index (χ1v) is 17.9. The molecule has 0 bridgehead atoms. The van der Waals surface area contributed by atoms with Crippen molar-refractivity contribution in [3.8, 4) is 39.8 Å². The zero-order chi connectivity index (χ0) is 36.0. The van der Waals surface area contributed by atoms with Crippen molar-refractivity contribution in [3.05, 3.63) is 194 Å². The molecule has 9 aromatic rings. The maximum atomic E-state index is 9.62. The van der Waals surface area contributed by atoms with Crippen LogP contribution in [0.3, 0.4) is 0 Å². The molecule has 0 N–H and O–H groups in total. The summed E-state index contributed by atoms with van der Waals surface area (Å²) in [6.07, 6.45) is 0. The minimum absolute atomic E-state index is 0.605. The predicted octanol–water partition coefficient (Wildman–Crippen LogP) is 13.8. The largest absolute Gasteiger partial charge is 0.456 e. The van der Waals surface area contributed by atoms with Crippen LogP contribution < -0.4 is 14.5 Å². The Morgan fingerprint density at radius 3 is 1.87 bits per heavy atom. The van der Waals surface area contributed by atoms with Crippen LogP contribution in [0, 0.1) is 11.3 Å². The van der Waals surface area contributed by atoms with Crippen molar-refractivity contribution in [2.75, 3.05) is 9.80 Å². The summed E-state index contributed by atoms with van der Waals surface area (Å²) in [7, 11) is 0. The molecule has 2 heterocycles. The van der Waals surface area contributed by atoms with E-state index in [2.05, 4.69) is 131 Å². The topological polar surface area (TPSA) is 52.6 Å². The second kappa shape index (κ2) is 12.9. The highest BCUT2D eigenvalue weighted by Gasteiger charge is 2.26. The lowest BCUT2D eigenvalue weighted by molar-refractivity contribution is 0.477. The Labute approximate surface area is 312 Å². The van der Waals surface area contributed by atoms with Crippen molar-refractivity contribution in [2.45, 2.75) is 0 Å². The molecule has 0 atom stereocenters. The van der Waals surface area contributed by atoms with E-state index in [1.165, 1.54) is 5.56 Å². The zero-order valence-electron chi connectivity index (χ0n) is 29.1. The average Bonchev–Trinajstić information content (AvgIpc) is 3.61. The fraction of sp³-hybridized carbons (Fsp3) is 0. The lowest BCUT2D eigenvalue weighted by Gasteiger charge is -2.33. The van der Waals surface area contributed by atoms with Gasteiger partial charge in [-0.05, 0) is 107 Å². The van der Waals surface area contributed by atoms with E-state index in [-0.39, 0.29) is 0 Å². The molecule has 1 aliphatic rings. The van der Waals surface area contributed by atoms with Crippen LogP contribution in [0.25, 0.3) is 44.2 Å². The molecule has 0 radical (unpaired) electrons. The van der Waals surface area contributed by atoms with Crippen molar-refractivity contribution in [1.82, 2.24) is 0 Å². The number of fused-ring (bicyclic) bond motifs is 5. The molecule has 254 valence electrons. The van der Waals surface area contributed by atoms with Crippen molar-refractivity contribution >= 4 is 56.1 Å². The minimum atomic E-state index is 0.605. The number of anilines is 6. The predicted molar refractivity (Wildman–Crippen MR) is 219 cm³/mol. The Bertz CT molecular complexity index is 2870. The van der Waals surface area contributed by atoms with E-state index >= 15 is 0 Å². The smallest absolute Gasteiger partial charge is 0.152 e. The van der Waals surface area contributed by atoms with Crippen molar-refractivity contribution in [3.63, 3.8) is 0 Å². The van der Waals surface area contributed by atoms with Gasteiger partial charge in [-0.2, -0.15) is 5.26 Å². The number of hydrogen-bond donors (Lipinski definition) is 0. The molecule has 1 aliphatic heterocycles. The third-order valence-corrected chi connectivity index (χ3v) is 10.1. The summed E-state index contributed by atoms with van der Waals surface area (Å²) in [5, 5.41) is 11.8. The number of benzene rings is 8. The summed E-state index contributed by atoms with van der Waals surface area (Å²) in [6.45, 7) is 0. The SMILES string of the molecule is N#Cc1cccc(N2c3ccccc3Oc3cc(-c4ccc(N(c5ccc(-c6ccccc6)cc5)c5ccc6c(c5)oc5ccccc56)cc4)ccc32)c1. The highest BCUT2D eigenvalue weighted by molar-refractivity contribution is 6.06. The fourth-order valence-corrected chi connectivity index (χ4v) is 7.47. The molecule has 0 spiro atoms. The Morgan fingerprint density at radius 2 is 1.07 bits per heavy atom. The molecule has 0 saturated carbocycles. The van der Waals surface area contributed by atoms with Crippen LogP contribution >= 0.6 is 0 Å². The van der Waals surface area contributed by atoms with Gasteiger partial charge in [0.05, 0.1) is 23.0 Å². The highest BCUT2D eigenvalue weighted by atomic mass is 16.5. The van der Waals surface area contributed by atoms with Crippen LogP contribution in [0.15, 0.2) is 192 Å². The van der Waals surface area contributed by atoms with Gasteiger partial charge in [-0.15, -0.1) is 0 Å². The number of nitriles is 1. The third-order valence-electron chi connectivity index (χ3n) is 10.1. The monoisotopic (exact) mass is 693 g/mol. The number of para-hydroxylation sites is 3. The fourth-order valence-electron chi connectivity index (χ4n) is 7.47. The van der Waals surface area contributed by atoms with E-state index in [4.69, 9.17) is 9.15 Å². The molecule has 8 aromatic carbocycles. The van der Waals surface area contributed by atoms with Gasteiger partial charge >= 0.3 is 0 Å². The molecule has 0 amide bonds. The van der Waals surface area contributed by atoms with Gasteiger partial charge < -0.3 is 19.0 Å². The maximum Gasteiger partial charge on any atom is 0.152 e. The van der Waals surface area contributed by atoms with Crippen LogP contribution in [-0.4, -0.2) is 0 Å². The van der Waals surface area contributed by atoms with E-state index < -0.39 is 0 Å². The second-order valence-electron chi connectivity index (χ2n) is 13.3. The zero-order valence-corrected chi connectivity index (χ0v) is 29.1. The lowest BCUT2D eigenvalue weighted by Crippen LogP contribution is -2.15. The third kappa shape index (κ3) is 5.42. The molecular weight excluding hydrogens is 663 g/mol. The minimum Gasteiger partial charge on any atom is -0.456 e. The van der Waals surface area contributed by atoms with Gasteiger partial charge in [0.1, 0.15) is 11.2 Å². The van der Waals surface area contributed by atoms with E-state index in [0.717, 1.165) is 84.3 Å². The molecule has 0 unspecified atom stereocenters. The quantitative estimate of drug-likeness (QED) is 0.173. The van der Waals surface area contributed by atoms with E-state index in [9.17, 15) is 5.26 Å². The van der Waals surface area contributed by atoms with E-state index in [0.29, 0.717) is 5.56 Å². The Morgan fingerprint density at radius 1 is 0.444 bits per heavy atom. The average molecular weight is 694 g/mol. The normalized spacial score (nSPS) is 11.8. The van der Waals surface area contributed by atoms with Crippen LogP contribution in [0.5, 0.6) is 11.5 Å². The number of ether oxygens (including phenoxy) is 1. The van der Waals surface area contributed by atoms with Gasteiger partial charge in [0.2, 0.25) is 0 Å². The number of rotatable bonds is 6. The van der Waals surface area contributed by atoms with Crippen molar-refractivity contribution in [2.24, 2.45) is 0 Å². The molecule has 1 aromatic heterocycles. The van der Waals surface area contributed by atoms with Crippen LogP contribution in [-0.2, 0) is 0 Å². The van der Waals surface area contributed by atoms with Gasteiger partial charge in [0.25, 0.3) is 0 Å². The highest BCUT2D eigenvalue weighted by Crippen LogP contribution is 2.51. The van der Waals surface area contributed by atoms with Gasteiger partial charge in [-0.1, -0.05) is 97.1 Å². The van der Waals surface area contributed by atoms with Gasteiger partial charge in [0.15, 0.2) is 11.5 Å². The van der Waals surface area contributed by atoms with Crippen molar-refractivity contribution < 1.29 is 9.15 Å². The Hall–Kier alpha value is -7.55. The molecule has 5 nitrogen and oxygen atoms in total. The van der Waals surface area contributed by atoms with Gasteiger partial charge in [-0.3, -0.25) is 0 Å². The number of furan rings is 1. The molecule has 5 heteroatoms. The van der Waals surface area contributed by atoms with Crippen LogP contribution in [0.4, 0.5) is 34.1 Å². The van der Waals surface area contributed by atoms with Gasteiger partial charge in [0, 0.05) is 39.6 Å². The van der Waals surface area contributed by atoms with Crippen molar-refractivity contribution in [1.29, 1.82) is 5.26 Å². The summed E-state index contributed by atoms with van der Waals surface area (Å²) in [5.41, 5.74) is 12.6. The number of nitrogens with zero attached hydrogens (tertiary/aromatic N) is 3. The summed E-state index contributed by atoms with van der Waals surface area (Å²) in [5.74, 6) is 1.51. The first-order valence-electron chi connectivity index (χ1n) is 17.9. The van der Waals surface area contributed by atoms with E-state index in [1.54, 1.807) is 0 Å². The standard InChI is InChI=1S/C49H31N3O2/c50-32-33-9-8-12-40(29-33)52-44-14-5-7-16-47(44)54-49-30-37(21-28-45(49)52)36-19-24-39(25-20-36)51(38-22-17-35(18-23-38)34-10-2-1-3-11-34)41-26-27-43-42-13-4-6-15-46(42)53-48(43)31-41/h1-31H. The molecule has 0 fully saturated rings. The summed E-state index contributed by atoms with van der Waals surface area (Å²) in [6, 6.07) is 66.7. The summed E-state index contributed by atoms with van der Waals surface area (Å²) >= 11 is 0. The second-order valence-corrected chi connectivity index (χ2v) is 13.3. The van der Waals surface area contributed by atoms with Crippen LogP contribution in [0.1, 0.15) is 5.56 Å².